The van der Waals surface area contributed by atoms with E-state index < -0.39 is 0 Å². The van der Waals surface area contributed by atoms with E-state index in [9.17, 15) is 9.59 Å². The van der Waals surface area contributed by atoms with E-state index in [1.165, 1.54) is 360 Å². The summed E-state index contributed by atoms with van der Waals surface area (Å²) < 4.78 is 25.7. The molecule has 0 saturated carbocycles. The molecule has 0 spiro atoms. The molecule has 0 saturated heterocycles. The van der Waals surface area contributed by atoms with E-state index in [4.69, 9.17) is 17.7 Å². The first-order chi connectivity index (χ1) is 63.8. The van der Waals surface area contributed by atoms with Crippen molar-refractivity contribution in [1.82, 2.24) is 0 Å². The molecule has 6 aromatic rings. The predicted octanol–water partition coefficient (Wildman–Crippen LogP) is 33.0. The molecule has 4 unspecified atom stereocenters. The second kappa shape index (κ2) is 63.3. The first kappa shape index (κ1) is 108. The quantitative estimate of drug-likeness (QED) is 0.0345. The van der Waals surface area contributed by atoms with Crippen molar-refractivity contribution in [1.29, 1.82) is 0 Å². The standard InChI is InChI=1S/C58H88Br2N2O4.C58H90N2O4/c1-5-9-13-17-21-23-27-31-35-45(33-29-25-19-15-11-7-3)43-61-49-41-48-50(42-47(49)55(57(61)63)51-37-39-53(59)65-51)62(58(64)56(48)52-38-40-54(60)66-52)44-46(34-30-26-20-16-12-8-4)36-32-28-24-22-18-14-10-6-2;1-5-9-13-17-21-23-27-31-37-47(35-29-25-19-15-11-7-3)45-59-51-43-50-52(44-49(51)55(57(59)61)53-39-33-41-63-53)60(58(62)56(50)54-40-34-42-64-54)46-48(36-30-26-20-16-12-8-4)38-32-28-24-22-18-14-10-6-2/h37-42,45-46H,5-36,43-44H2,1-4H3;33-34,39-44,47-48H,5-32,35-38,45-46H2,1-4H3. The number of fused-ring (bicyclic) bond motifs is 4. The van der Waals surface area contributed by atoms with E-state index in [1.807, 2.05) is 58.3 Å². The van der Waals surface area contributed by atoms with Crippen molar-refractivity contribution in [3.05, 3.63) is 139 Å². The normalized spacial score (nSPS) is 14.6. The summed E-state index contributed by atoms with van der Waals surface area (Å²) in [5.41, 5.74) is 5.99. The van der Waals surface area contributed by atoms with Crippen LogP contribution in [0.4, 0.5) is 22.7 Å². The van der Waals surface area contributed by atoms with Gasteiger partial charge in [-0.05, 0) is 180 Å². The fraction of sp³-hybridized carbons (Fsp3) is 0.690. The minimum absolute atomic E-state index is 0.00444. The largest absolute Gasteiger partial charge is 0.464 e. The number of halogens is 2. The molecule has 0 N–H and O–H groups in total. The maximum absolute atomic E-state index is 15.0. The molecule has 4 aliphatic rings. The summed E-state index contributed by atoms with van der Waals surface area (Å²) >= 11 is 7.08. The average molecular weight is 1920 g/mol. The highest BCUT2D eigenvalue weighted by atomic mass is 79.9. The van der Waals surface area contributed by atoms with Crippen LogP contribution in [0, 0.1) is 23.7 Å². The number of hydrogen-bond donors (Lipinski definition) is 0. The second-order valence-corrected chi connectivity index (χ2v) is 41.4. The Labute approximate surface area is 806 Å². The van der Waals surface area contributed by atoms with Gasteiger partial charge >= 0.3 is 0 Å². The summed E-state index contributed by atoms with van der Waals surface area (Å²) in [5, 5.41) is 3.50. The number of carbonyl (C=O) groups excluding carboxylic acids is 4. The minimum Gasteiger partial charge on any atom is -0.464 e. The topological polar surface area (TPSA) is 134 Å². The van der Waals surface area contributed by atoms with Crippen LogP contribution in [0.2, 0.25) is 0 Å². The van der Waals surface area contributed by atoms with Crippen molar-refractivity contribution >= 4 is 101 Å². The number of hydrogen-bond acceptors (Lipinski definition) is 8. The van der Waals surface area contributed by atoms with E-state index in [-0.39, 0.29) is 23.6 Å². The van der Waals surface area contributed by atoms with Gasteiger partial charge in [-0.25, -0.2) is 0 Å². The van der Waals surface area contributed by atoms with Crippen LogP contribution in [0.25, 0.3) is 22.3 Å². The van der Waals surface area contributed by atoms with Crippen LogP contribution < -0.4 is 40.5 Å². The molecule has 14 heteroatoms. The van der Waals surface area contributed by atoms with E-state index >= 15 is 9.59 Å². The number of anilines is 4. The number of furan rings is 4. The molecule has 0 bridgehead atoms. The lowest BCUT2D eigenvalue weighted by Gasteiger charge is -2.27. The van der Waals surface area contributed by atoms with E-state index in [0.717, 1.165) is 95.0 Å². The van der Waals surface area contributed by atoms with Crippen LogP contribution in [-0.4, -0.2) is 49.8 Å². The van der Waals surface area contributed by atoms with Gasteiger partial charge in [0, 0.05) is 47.1 Å². The molecule has 0 aliphatic carbocycles. The highest BCUT2D eigenvalue weighted by molar-refractivity contribution is 9.10. The van der Waals surface area contributed by atoms with Gasteiger partial charge in [-0.2, -0.15) is 0 Å². The number of nitrogens with zero attached hydrogens (tertiary/aromatic N) is 4. The smallest absolute Gasteiger partial charge is 0.262 e. The molecular formula is C116H178Br2N4O8. The molecule has 0 radical (unpaired) electrons. The Kier molecular flexibility index (Phi) is 52.3. The Morgan fingerprint density at radius 2 is 0.408 bits per heavy atom. The van der Waals surface area contributed by atoms with Crippen molar-refractivity contribution in [3.8, 4) is 0 Å². The molecule has 2 aromatic carbocycles. The molecule has 4 amide bonds. The van der Waals surface area contributed by atoms with Gasteiger partial charge in [-0.15, -0.1) is 0 Å². The summed E-state index contributed by atoms with van der Waals surface area (Å²) in [6.45, 7) is 21.0. The van der Waals surface area contributed by atoms with Crippen molar-refractivity contribution in [2.45, 2.75) is 466 Å². The second-order valence-electron chi connectivity index (χ2n) is 39.8. The first-order valence-corrected chi connectivity index (χ1v) is 56.1. The number of amides is 4. The zero-order valence-corrected chi connectivity index (χ0v) is 86.5. The Morgan fingerprint density at radius 3 is 0.569 bits per heavy atom. The summed E-state index contributed by atoms with van der Waals surface area (Å²) in [6, 6.07) is 23.8. The van der Waals surface area contributed by atoms with Crippen molar-refractivity contribution in [2.75, 3.05) is 45.8 Å². The summed E-state index contributed by atoms with van der Waals surface area (Å²) in [7, 11) is 0. The minimum atomic E-state index is -0.00444. The molecule has 130 heavy (non-hydrogen) atoms. The van der Waals surface area contributed by atoms with Crippen LogP contribution in [-0.2, 0) is 19.2 Å². The number of benzene rings is 2. The van der Waals surface area contributed by atoms with Crippen molar-refractivity contribution < 1.29 is 36.8 Å². The molecule has 10 rings (SSSR count). The lowest BCUT2D eigenvalue weighted by atomic mass is 9.93. The van der Waals surface area contributed by atoms with Crippen LogP contribution in [0.3, 0.4) is 0 Å². The highest BCUT2D eigenvalue weighted by Gasteiger charge is 2.42. The van der Waals surface area contributed by atoms with Gasteiger partial charge in [-0.3, -0.25) is 19.2 Å². The average Bonchev–Trinajstić information content (AvgIpc) is 1.57. The number of carbonyl (C=O) groups is 4. The van der Waals surface area contributed by atoms with Crippen molar-refractivity contribution in [3.63, 3.8) is 0 Å². The summed E-state index contributed by atoms with van der Waals surface area (Å²) in [6.07, 6.45) is 84.5. The lowest BCUT2D eigenvalue weighted by molar-refractivity contribution is -0.114. The Balaban J connectivity index is 0.000000293. The molecule has 4 aromatic heterocycles. The fourth-order valence-electron chi connectivity index (χ4n) is 21.2. The summed E-state index contributed by atoms with van der Waals surface area (Å²) in [5.74, 6) is 3.99. The molecule has 12 nitrogen and oxygen atoms in total. The van der Waals surface area contributed by atoms with Crippen LogP contribution in [0.15, 0.2) is 112 Å². The van der Waals surface area contributed by atoms with Gasteiger partial charge in [0.1, 0.15) is 23.0 Å². The van der Waals surface area contributed by atoms with Crippen LogP contribution in [0.5, 0.6) is 0 Å². The maximum atomic E-state index is 15.0. The number of unbranched alkanes of at least 4 members (excludes halogenated alkanes) is 48. The predicted molar refractivity (Wildman–Crippen MR) is 556 cm³/mol. The fourth-order valence-corrected chi connectivity index (χ4v) is 21.8. The SMILES string of the molecule is CCCCCCCCCCC(CCCCCCCC)CN1C(=O)C(c2ccc(Br)o2)=c2cc3c(cc21)=C(c1ccc(Br)o1)C(=O)N3CC(CCCCCCCC)CCCCCCCCCC.CCCCCCCCCCC(CCCCCCCC)CN1C(=O)C(c2ccco2)=c2cc3c(cc21)=C(c1ccco1)C(=O)N3CC(CCCCCCCC)CCCCCCCCCC. The van der Waals surface area contributed by atoms with Gasteiger partial charge < -0.3 is 37.3 Å². The van der Waals surface area contributed by atoms with Gasteiger partial charge in [0.05, 0.1) is 57.6 Å². The van der Waals surface area contributed by atoms with Crippen LogP contribution >= 0.6 is 31.9 Å². The zero-order valence-electron chi connectivity index (χ0n) is 83.3. The van der Waals surface area contributed by atoms with Crippen LogP contribution in [0.1, 0.15) is 489 Å². The van der Waals surface area contributed by atoms with E-state index in [2.05, 4.69) is 121 Å². The summed E-state index contributed by atoms with van der Waals surface area (Å²) in [4.78, 5) is 68.0. The maximum Gasteiger partial charge on any atom is 0.262 e. The molecule has 724 valence electrons. The van der Waals surface area contributed by atoms with Gasteiger partial charge in [0.25, 0.3) is 23.6 Å². The third kappa shape index (κ3) is 34.9. The van der Waals surface area contributed by atoms with E-state index in [0.29, 0.717) is 105 Å². The third-order valence-corrected chi connectivity index (χ3v) is 29.8. The lowest BCUT2D eigenvalue weighted by Crippen LogP contribution is -2.35. The van der Waals surface area contributed by atoms with E-state index in [1.54, 1.807) is 12.5 Å². The monoisotopic (exact) mass is 1910 g/mol. The van der Waals surface area contributed by atoms with Gasteiger partial charge in [0.2, 0.25) is 0 Å². The Hall–Kier alpha value is -6.12. The van der Waals surface area contributed by atoms with Crippen molar-refractivity contribution in [2.24, 2.45) is 23.7 Å². The van der Waals surface area contributed by atoms with Gasteiger partial charge in [-0.1, -0.05) is 415 Å². The molecule has 4 aliphatic heterocycles. The molecule has 8 heterocycles. The molecule has 4 atom stereocenters. The number of rotatable bonds is 76. The zero-order chi connectivity index (χ0) is 92.1. The third-order valence-electron chi connectivity index (χ3n) is 29.0. The molecule has 0 fully saturated rings. The Bertz CT molecular complexity index is 4140. The van der Waals surface area contributed by atoms with Gasteiger partial charge in [0.15, 0.2) is 9.34 Å². The first-order valence-electron chi connectivity index (χ1n) is 54.5. The Morgan fingerprint density at radius 1 is 0.231 bits per heavy atom. The molecular weight excluding hydrogens is 1740 g/mol. The highest BCUT2D eigenvalue weighted by Crippen LogP contribution is 2.39.